The number of piperidine rings is 1. The molecule has 20 heavy (non-hydrogen) atoms. The molecule has 1 heterocycles. The molecule has 1 saturated carbocycles. The minimum absolute atomic E-state index is 0.356. The summed E-state index contributed by atoms with van der Waals surface area (Å²) in [6, 6.07) is 0.637. The van der Waals surface area contributed by atoms with Crippen LogP contribution in [-0.4, -0.2) is 36.5 Å². The molecule has 3 nitrogen and oxygen atoms in total. The van der Waals surface area contributed by atoms with Crippen molar-refractivity contribution in [2.75, 3.05) is 19.6 Å². The van der Waals surface area contributed by atoms with Gasteiger partial charge in [0.25, 0.3) is 0 Å². The number of carbonyl (C=O) groups is 1. The summed E-state index contributed by atoms with van der Waals surface area (Å²) in [6.07, 6.45) is 9.74. The lowest BCUT2D eigenvalue weighted by Crippen LogP contribution is -2.43. The van der Waals surface area contributed by atoms with E-state index < -0.39 is 0 Å². The molecular formula is C17H32N2O. The topological polar surface area (TPSA) is 32.3 Å². The second kappa shape index (κ2) is 8.02. The summed E-state index contributed by atoms with van der Waals surface area (Å²) in [4.78, 5) is 14.2. The van der Waals surface area contributed by atoms with Crippen LogP contribution < -0.4 is 5.32 Å². The van der Waals surface area contributed by atoms with Gasteiger partial charge in [-0.3, -0.25) is 4.79 Å². The van der Waals surface area contributed by atoms with Crippen molar-refractivity contribution in [3.05, 3.63) is 0 Å². The average Bonchev–Trinajstić information content (AvgIpc) is 2.48. The maximum Gasteiger partial charge on any atom is 0.223 e. The number of nitrogens with zero attached hydrogens (tertiary/aromatic N) is 1. The Bertz CT molecular complexity index is 297. The molecular weight excluding hydrogens is 248 g/mol. The lowest BCUT2D eigenvalue weighted by molar-refractivity contribution is -0.132. The van der Waals surface area contributed by atoms with Gasteiger partial charge in [0.15, 0.2) is 0 Å². The highest BCUT2D eigenvalue weighted by atomic mass is 16.2. The van der Waals surface area contributed by atoms with Crippen LogP contribution in [0.25, 0.3) is 0 Å². The SMILES string of the molecule is CC(C)C1CCCCC1NCCC(=O)N1CCCCC1. The van der Waals surface area contributed by atoms with Crippen molar-refractivity contribution in [3.8, 4) is 0 Å². The standard InChI is InChI=1S/C17H32N2O/c1-14(2)15-8-4-5-9-16(15)18-11-10-17(20)19-12-6-3-7-13-19/h14-16,18H,3-13H2,1-2H3. The Kier molecular flexibility index (Phi) is 6.34. The summed E-state index contributed by atoms with van der Waals surface area (Å²) < 4.78 is 0. The van der Waals surface area contributed by atoms with E-state index in [9.17, 15) is 4.79 Å². The van der Waals surface area contributed by atoms with Crippen LogP contribution in [0.1, 0.15) is 65.2 Å². The summed E-state index contributed by atoms with van der Waals surface area (Å²) in [7, 11) is 0. The zero-order valence-corrected chi connectivity index (χ0v) is 13.4. The fourth-order valence-electron chi connectivity index (χ4n) is 3.88. The number of hydrogen-bond donors (Lipinski definition) is 1. The quantitative estimate of drug-likeness (QED) is 0.839. The van der Waals surface area contributed by atoms with E-state index in [2.05, 4.69) is 24.1 Å². The molecule has 0 aromatic heterocycles. The van der Waals surface area contributed by atoms with Crippen molar-refractivity contribution in [2.24, 2.45) is 11.8 Å². The van der Waals surface area contributed by atoms with E-state index in [1.54, 1.807) is 0 Å². The number of likely N-dealkylation sites (tertiary alicyclic amines) is 1. The summed E-state index contributed by atoms with van der Waals surface area (Å²) in [5, 5.41) is 3.68. The number of nitrogens with one attached hydrogen (secondary N) is 1. The van der Waals surface area contributed by atoms with Crippen molar-refractivity contribution in [3.63, 3.8) is 0 Å². The second-order valence-electron chi connectivity index (χ2n) is 6.94. The van der Waals surface area contributed by atoms with Gasteiger partial charge in [0.05, 0.1) is 0 Å². The molecule has 2 aliphatic rings. The van der Waals surface area contributed by atoms with Crippen molar-refractivity contribution < 1.29 is 4.79 Å². The Hall–Kier alpha value is -0.570. The van der Waals surface area contributed by atoms with Gasteiger partial charge in [-0.25, -0.2) is 0 Å². The largest absolute Gasteiger partial charge is 0.343 e. The lowest BCUT2D eigenvalue weighted by atomic mass is 9.78. The molecule has 1 aliphatic carbocycles. The van der Waals surface area contributed by atoms with Crippen LogP contribution in [0.2, 0.25) is 0 Å². The number of carbonyl (C=O) groups excluding carboxylic acids is 1. The summed E-state index contributed by atoms with van der Waals surface area (Å²) >= 11 is 0. The molecule has 3 heteroatoms. The molecule has 2 atom stereocenters. The molecule has 1 aliphatic heterocycles. The molecule has 2 rings (SSSR count). The fourth-order valence-corrected chi connectivity index (χ4v) is 3.88. The Morgan fingerprint density at radius 2 is 1.80 bits per heavy atom. The zero-order valence-electron chi connectivity index (χ0n) is 13.4. The van der Waals surface area contributed by atoms with Crippen LogP contribution in [0.5, 0.6) is 0 Å². The van der Waals surface area contributed by atoms with Gasteiger partial charge >= 0.3 is 0 Å². The van der Waals surface area contributed by atoms with Crippen molar-refractivity contribution >= 4 is 5.91 Å². The number of amides is 1. The third-order valence-electron chi connectivity index (χ3n) is 5.13. The number of hydrogen-bond acceptors (Lipinski definition) is 2. The number of rotatable bonds is 5. The molecule has 2 unspecified atom stereocenters. The van der Waals surface area contributed by atoms with Crippen LogP contribution in [0.3, 0.4) is 0 Å². The summed E-state index contributed by atoms with van der Waals surface area (Å²) in [5.41, 5.74) is 0. The highest BCUT2D eigenvalue weighted by molar-refractivity contribution is 5.76. The van der Waals surface area contributed by atoms with E-state index in [4.69, 9.17) is 0 Å². The molecule has 0 radical (unpaired) electrons. The van der Waals surface area contributed by atoms with Crippen molar-refractivity contribution in [1.29, 1.82) is 0 Å². The van der Waals surface area contributed by atoms with Gasteiger partial charge in [-0.15, -0.1) is 0 Å². The third-order valence-corrected chi connectivity index (χ3v) is 5.13. The first kappa shape index (κ1) is 15.8. The molecule has 1 saturated heterocycles. The van der Waals surface area contributed by atoms with Gasteiger partial charge in [-0.2, -0.15) is 0 Å². The third kappa shape index (κ3) is 4.47. The maximum atomic E-state index is 12.1. The van der Waals surface area contributed by atoms with Gasteiger partial charge in [0, 0.05) is 32.1 Å². The smallest absolute Gasteiger partial charge is 0.223 e. The predicted molar refractivity (Wildman–Crippen MR) is 83.6 cm³/mol. The van der Waals surface area contributed by atoms with E-state index in [0.717, 1.165) is 31.5 Å². The zero-order chi connectivity index (χ0) is 14.4. The van der Waals surface area contributed by atoms with Crippen LogP contribution in [0, 0.1) is 11.8 Å². The molecule has 0 spiro atoms. The minimum atomic E-state index is 0.356. The Morgan fingerprint density at radius 3 is 2.50 bits per heavy atom. The normalized spacial score (nSPS) is 27.9. The molecule has 0 aromatic rings. The first-order chi connectivity index (χ1) is 9.68. The molecule has 1 N–H and O–H groups in total. The maximum absolute atomic E-state index is 12.1. The first-order valence-corrected chi connectivity index (χ1v) is 8.69. The van der Waals surface area contributed by atoms with Gasteiger partial charge < -0.3 is 10.2 Å². The van der Waals surface area contributed by atoms with E-state index in [1.165, 1.54) is 44.9 Å². The van der Waals surface area contributed by atoms with Gasteiger partial charge in [-0.1, -0.05) is 26.7 Å². The minimum Gasteiger partial charge on any atom is -0.343 e. The fraction of sp³-hybridized carbons (Fsp3) is 0.941. The molecule has 0 bridgehead atoms. The molecule has 1 amide bonds. The van der Waals surface area contributed by atoms with Crippen LogP contribution in [0.4, 0.5) is 0 Å². The van der Waals surface area contributed by atoms with E-state index >= 15 is 0 Å². The van der Waals surface area contributed by atoms with Crippen LogP contribution >= 0.6 is 0 Å². The van der Waals surface area contributed by atoms with Crippen molar-refractivity contribution in [2.45, 2.75) is 71.3 Å². The highest BCUT2D eigenvalue weighted by Gasteiger charge is 2.27. The van der Waals surface area contributed by atoms with E-state index in [0.29, 0.717) is 18.4 Å². The molecule has 2 fully saturated rings. The molecule has 116 valence electrons. The van der Waals surface area contributed by atoms with Crippen LogP contribution in [-0.2, 0) is 4.79 Å². The predicted octanol–water partition coefficient (Wildman–Crippen LogP) is 3.19. The van der Waals surface area contributed by atoms with E-state index in [-0.39, 0.29) is 0 Å². The summed E-state index contributed by atoms with van der Waals surface area (Å²) in [6.45, 7) is 7.50. The van der Waals surface area contributed by atoms with Crippen LogP contribution in [0.15, 0.2) is 0 Å². The Labute approximate surface area is 124 Å². The second-order valence-corrected chi connectivity index (χ2v) is 6.94. The lowest BCUT2D eigenvalue weighted by Gasteiger charge is -2.35. The van der Waals surface area contributed by atoms with Crippen molar-refractivity contribution in [1.82, 2.24) is 10.2 Å². The average molecular weight is 280 g/mol. The van der Waals surface area contributed by atoms with Gasteiger partial charge in [-0.05, 0) is 43.9 Å². The van der Waals surface area contributed by atoms with Gasteiger partial charge in [0.1, 0.15) is 0 Å². The highest BCUT2D eigenvalue weighted by Crippen LogP contribution is 2.30. The molecule has 0 aromatic carbocycles. The Morgan fingerprint density at radius 1 is 1.10 bits per heavy atom. The van der Waals surface area contributed by atoms with E-state index in [1.807, 2.05) is 0 Å². The monoisotopic (exact) mass is 280 g/mol. The summed E-state index contributed by atoms with van der Waals surface area (Å²) in [5.74, 6) is 1.91. The van der Waals surface area contributed by atoms with Gasteiger partial charge in [0.2, 0.25) is 5.91 Å². The Balaban J connectivity index is 1.69. The first-order valence-electron chi connectivity index (χ1n) is 8.69.